The molecule has 2 aromatic carbocycles. The molecule has 3 heteroatoms. The number of esters is 1. The minimum absolute atomic E-state index is 0.275. The highest BCUT2D eigenvalue weighted by Crippen LogP contribution is 2.35. The molecule has 0 fully saturated rings. The predicted molar refractivity (Wildman–Crippen MR) is 91.1 cm³/mol. The van der Waals surface area contributed by atoms with Crippen molar-refractivity contribution in [3.63, 3.8) is 0 Å². The summed E-state index contributed by atoms with van der Waals surface area (Å²) in [4.78, 5) is 11.7. The van der Waals surface area contributed by atoms with E-state index >= 15 is 0 Å². The molecule has 0 saturated heterocycles. The van der Waals surface area contributed by atoms with Crippen LogP contribution in [0.3, 0.4) is 0 Å². The lowest BCUT2D eigenvalue weighted by Crippen LogP contribution is -2.03. The number of carbonyl (C=O) groups is 1. The van der Waals surface area contributed by atoms with E-state index in [2.05, 4.69) is 22.9 Å². The van der Waals surface area contributed by atoms with E-state index in [1.54, 1.807) is 11.3 Å². The predicted octanol–water partition coefficient (Wildman–Crippen LogP) is 5.26. The molecule has 110 valence electrons. The van der Waals surface area contributed by atoms with Gasteiger partial charge >= 0.3 is 5.97 Å². The van der Waals surface area contributed by atoms with Crippen molar-refractivity contribution < 1.29 is 9.53 Å². The first-order chi connectivity index (χ1) is 10.8. The van der Waals surface area contributed by atoms with E-state index in [0.717, 1.165) is 5.56 Å². The van der Waals surface area contributed by atoms with Crippen LogP contribution in [0.25, 0.3) is 22.3 Å². The first kappa shape index (κ1) is 14.5. The van der Waals surface area contributed by atoms with E-state index in [0.29, 0.717) is 12.2 Å². The van der Waals surface area contributed by atoms with Gasteiger partial charge in [0.25, 0.3) is 0 Å². The Labute approximate surface area is 134 Å². The normalized spacial score (nSPS) is 10.4. The summed E-state index contributed by atoms with van der Waals surface area (Å²) in [5, 5.41) is 4.30. The van der Waals surface area contributed by atoms with Gasteiger partial charge in [-0.1, -0.05) is 42.5 Å². The minimum atomic E-state index is -0.275. The van der Waals surface area contributed by atoms with Gasteiger partial charge in [0.05, 0.1) is 12.2 Å². The smallest absolute Gasteiger partial charge is 0.338 e. The van der Waals surface area contributed by atoms with E-state index < -0.39 is 0 Å². The number of thiophene rings is 1. The average Bonchev–Trinajstić information content (AvgIpc) is 3.06. The van der Waals surface area contributed by atoms with Gasteiger partial charge in [-0.3, -0.25) is 0 Å². The Morgan fingerprint density at radius 3 is 2.09 bits per heavy atom. The molecule has 0 amide bonds. The fourth-order valence-electron chi connectivity index (χ4n) is 2.36. The molecule has 1 aromatic heterocycles. The van der Waals surface area contributed by atoms with Crippen molar-refractivity contribution in [2.45, 2.75) is 6.92 Å². The molecule has 3 rings (SSSR count). The molecule has 0 aliphatic rings. The Morgan fingerprint density at radius 1 is 0.909 bits per heavy atom. The SMILES string of the molecule is CCOC(=O)c1ccc(-c2cscc2-c2ccccc2)cc1. The minimum Gasteiger partial charge on any atom is -0.462 e. The van der Waals surface area contributed by atoms with E-state index in [9.17, 15) is 4.79 Å². The van der Waals surface area contributed by atoms with E-state index in [1.807, 2.05) is 49.4 Å². The largest absolute Gasteiger partial charge is 0.462 e. The Kier molecular flexibility index (Phi) is 4.35. The standard InChI is InChI=1S/C19H16O2S/c1-2-21-19(20)16-10-8-15(9-11-16)18-13-22-12-17(18)14-6-4-3-5-7-14/h3-13H,2H2,1H3. The van der Waals surface area contributed by atoms with Gasteiger partial charge in [-0.15, -0.1) is 0 Å². The van der Waals surface area contributed by atoms with E-state index in [4.69, 9.17) is 4.74 Å². The molecule has 0 N–H and O–H groups in total. The van der Waals surface area contributed by atoms with Crippen molar-refractivity contribution in [2.24, 2.45) is 0 Å². The summed E-state index contributed by atoms with van der Waals surface area (Å²) in [5.74, 6) is -0.275. The monoisotopic (exact) mass is 308 g/mol. The highest BCUT2D eigenvalue weighted by Gasteiger charge is 2.10. The third kappa shape index (κ3) is 2.95. The van der Waals surface area contributed by atoms with Crippen molar-refractivity contribution in [1.29, 1.82) is 0 Å². The zero-order chi connectivity index (χ0) is 15.4. The summed E-state index contributed by atoms with van der Waals surface area (Å²) in [6.07, 6.45) is 0. The third-order valence-electron chi connectivity index (χ3n) is 3.45. The first-order valence-electron chi connectivity index (χ1n) is 7.18. The topological polar surface area (TPSA) is 26.3 Å². The summed E-state index contributed by atoms with van der Waals surface area (Å²) in [6.45, 7) is 2.20. The fraction of sp³-hybridized carbons (Fsp3) is 0.105. The van der Waals surface area contributed by atoms with E-state index in [1.165, 1.54) is 16.7 Å². The fourth-order valence-corrected chi connectivity index (χ4v) is 3.23. The summed E-state index contributed by atoms with van der Waals surface area (Å²) < 4.78 is 5.01. The summed E-state index contributed by atoms with van der Waals surface area (Å²) >= 11 is 1.68. The highest BCUT2D eigenvalue weighted by atomic mass is 32.1. The summed E-state index contributed by atoms with van der Waals surface area (Å²) in [5.41, 5.74) is 5.30. The number of ether oxygens (including phenoxy) is 1. The Morgan fingerprint density at radius 2 is 1.50 bits per heavy atom. The highest BCUT2D eigenvalue weighted by molar-refractivity contribution is 7.08. The van der Waals surface area contributed by atoms with Crippen molar-refractivity contribution in [3.8, 4) is 22.3 Å². The molecule has 0 saturated carbocycles. The van der Waals surface area contributed by atoms with Gasteiger partial charge in [0.2, 0.25) is 0 Å². The molecule has 0 aliphatic heterocycles. The summed E-state index contributed by atoms with van der Waals surface area (Å²) in [7, 11) is 0. The molecular formula is C19H16O2S. The molecule has 0 spiro atoms. The van der Waals surface area contributed by atoms with Crippen LogP contribution in [0.2, 0.25) is 0 Å². The zero-order valence-electron chi connectivity index (χ0n) is 12.3. The lowest BCUT2D eigenvalue weighted by Gasteiger charge is -2.06. The second kappa shape index (κ2) is 6.58. The van der Waals surface area contributed by atoms with Crippen LogP contribution < -0.4 is 0 Å². The second-order valence-corrected chi connectivity index (χ2v) is 5.61. The Hall–Kier alpha value is -2.39. The lowest BCUT2D eigenvalue weighted by molar-refractivity contribution is 0.0526. The lowest BCUT2D eigenvalue weighted by atomic mass is 9.98. The van der Waals surface area contributed by atoms with Gasteiger partial charge in [-0.25, -0.2) is 4.79 Å². The first-order valence-corrected chi connectivity index (χ1v) is 8.13. The van der Waals surface area contributed by atoms with Crippen molar-refractivity contribution in [2.75, 3.05) is 6.61 Å². The van der Waals surface area contributed by atoms with Crippen LogP contribution in [0.4, 0.5) is 0 Å². The van der Waals surface area contributed by atoms with Gasteiger partial charge in [0.15, 0.2) is 0 Å². The molecular weight excluding hydrogens is 292 g/mol. The van der Waals surface area contributed by atoms with Crippen LogP contribution in [0.5, 0.6) is 0 Å². The van der Waals surface area contributed by atoms with Crippen molar-refractivity contribution >= 4 is 17.3 Å². The van der Waals surface area contributed by atoms with Crippen molar-refractivity contribution in [3.05, 3.63) is 70.9 Å². The number of hydrogen-bond acceptors (Lipinski definition) is 3. The third-order valence-corrected chi connectivity index (χ3v) is 4.20. The Bertz CT molecular complexity index is 758. The van der Waals surface area contributed by atoms with Gasteiger partial charge in [0, 0.05) is 11.1 Å². The number of hydrogen-bond donors (Lipinski definition) is 0. The maximum Gasteiger partial charge on any atom is 0.338 e. The Balaban J connectivity index is 1.93. The molecule has 3 aromatic rings. The second-order valence-electron chi connectivity index (χ2n) is 4.86. The average molecular weight is 308 g/mol. The molecule has 0 unspecified atom stereocenters. The van der Waals surface area contributed by atoms with Crippen LogP contribution >= 0.6 is 11.3 Å². The number of carbonyl (C=O) groups excluding carboxylic acids is 1. The summed E-state index contributed by atoms with van der Waals surface area (Å²) in [6, 6.07) is 17.9. The van der Waals surface area contributed by atoms with Crippen LogP contribution in [-0.2, 0) is 4.74 Å². The molecule has 22 heavy (non-hydrogen) atoms. The maximum atomic E-state index is 11.7. The quantitative estimate of drug-likeness (QED) is 0.615. The molecule has 1 heterocycles. The van der Waals surface area contributed by atoms with Gasteiger partial charge in [0.1, 0.15) is 0 Å². The zero-order valence-corrected chi connectivity index (χ0v) is 13.1. The molecule has 0 aliphatic carbocycles. The molecule has 2 nitrogen and oxygen atoms in total. The molecule has 0 bridgehead atoms. The van der Waals surface area contributed by atoms with Gasteiger partial charge in [-0.2, -0.15) is 11.3 Å². The van der Waals surface area contributed by atoms with Gasteiger partial charge in [-0.05, 0) is 40.9 Å². The maximum absolute atomic E-state index is 11.7. The van der Waals surface area contributed by atoms with Gasteiger partial charge < -0.3 is 4.74 Å². The van der Waals surface area contributed by atoms with Crippen LogP contribution in [0.15, 0.2) is 65.4 Å². The van der Waals surface area contributed by atoms with Crippen LogP contribution in [-0.4, -0.2) is 12.6 Å². The van der Waals surface area contributed by atoms with Crippen molar-refractivity contribution in [1.82, 2.24) is 0 Å². The van der Waals surface area contributed by atoms with E-state index in [-0.39, 0.29) is 5.97 Å². The number of rotatable bonds is 4. The van der Waals surface area contributed by atoms with Crippen LogP contribution in [0.1, 0.15) is 17.3 Å². The number of benzene rings is 2. The molecule has 0 atom stereocenters. The van der Waals surface area contributed by atoms with Crippen LogP contribution in [0, 0.1) is 0 Å². The molecule has 0 radical (unpaired) electrons.